The number of carbonyl (C=O) groups excluding carboxylic acids is 1. The Morgan fingerprint density at radius 1 is 1.47 bits per heavy atom. The molecular weight excluding hydrogens is 279 g/mol. The van der Waals surface area contributed by atoms with E-state index in [1.54, 1.807) is 0 Å². The molecule has 0 aliphatic carbocycles. The average molecular weight is 288 g/mol. The van der Waals surface area contributed by atoms with Crippen molar-refractivity contribution in [1.29, 1.82) is 0 Å². The van der Waals surface area contributed by atoms with Crippen molar-refractivity contribution in [2.75, 3.05) is 6.61 Å². The lowest BCUT2D eigenvalue weighted by Gasteiger charge is -2.07. The summed E-state index contributed by atoms with van der Waals surface area (Å²) in [5, 5.41) is 0.491. The molecule has 1 aliphatic heterocycles. The van der Waals surface area contributed by atoms with E-state index in [0.29, 0.717) is 29.4 Å². The number of carbonyl (C=O) groups is 1. The molecule has 0 fully saturated rings. The van der Waals surface area contributed by atoms with Gasteiger partial charge in [0.05, 0.1) is 11.6 Å². The Balaban J connectivity index is 2.58. The third-order valence-corrected chi connectivity index (χ3v) is 3.17. The van der Waals surface area contributed by atoms with E-state index in [0.717, 1.165) is 16.3 Å². The second-order valence-corrected chi connectivity index (χ2v) is 4.49. The van der Waals surface area contributed by atoms with E-state index >= 15 is 0 Å². The van der Waals surface area contributed by atoms with Crippen LogP contribution in [0.25, 0.3) is 5.03 Å². The average Bonchev–Trinajstić information content (AvgIpc) is 2.37. The first kappa shape index (κ1) is 10.7. The fraction of sp³-hybridized carbons (Fsp3) is 0.182. The monoisotopic (exact) mass is 286 g/mol. The first-order valence-corrected chi connectivity index (χ1v) is 5.66. The van der Waals surface area contributed by atoms with Crippen LogP contribution in [0.5, 0.6) is 5.75 Å². The Bertz CT molecular complexity index is 440. The summed E-state index contributed by atoms with van der Waals surface area (Å²) in [6, 6.07) is 5.57. The van der Waals surface area contributed by atoms with Gasteiger partial charge in [-0.05, 0) is 18.2 Å². The van der Waals surface area contributed by atoms with Crippen LogP contribution in [0, 0.1) is 0 Å². The standard InChI is InChI=1S/C11H8BrClO2/c12-8-1-2-9-10(5-8)15-4-3-7(6-14)11(9)13/h1-2,5-6H,3-4H2. The Hall–Kier alpha value is -0.800. The number of hydrogen-bond donors (Lipinski definition) is 0. The maximum absolute atomic E-state index is 10.8. The van der Waals surface area contributed by atoms with Gasteiger partial charge in [-0.15, -0.1) is 0 Å². The molecule has 78 valence electrons. The largest absolute Gasteiger partial charge is 0.493 e. The normalized spacial score (nSPS) is 15.3. The van der Waals surface area contributed by atoms with Crippen LogP contribution in [0.2, 0.25) is 0 Å². The van der Waals surface area contributed by atoms with Crippen LogP contribution >= 0.6 is 27.5 Å². The number of halogens is 2. The molecular formula is C11H8BrClO2. The molecule has 0 unspecified atom stereocenters. The SMILES string of the molecule is O=CC1=C(Cl)c2ccc(Br)cc2OCC1. The van der Waals surface area contributed by atoms with Gasteiger partial charge >= 0.3 is 0 Å². The molecule has 4 heteroatoms. The number of hydrogen-bond acceptors (Lipinski definition) is 2. The highest BCUT2D eigenvalue weighted by Gasteiger charge is 2.16. The van der Waals surface area contributed by atoms with Crippen molar-refractivity contribution < 1.29 is 9.53 Å². The Morgan fingerprint density at radius 3 is 3.00 bits per heavy atom. The second kappa shape index (κ2) is 4.37. The zero-order chi connectivity index (χ0) is 10.8. The number of benzene rings is 1. The molecule has 0 saturated heterocycles. The third-order valence-electron chi connectivity index (χ3n) is 2.23. The van der Waals surface area contributed by atoms with Crippen molar-refractivity contribution in [1.82, 2.24) is 0 Å². The molecule has 0 spiro atoms. The topological polar surface area (TPSA) is 26.3 Å². The van der Waals surface area contributed by atoms with Gasteiger partial charge in [0.1, 0.15) is 12.0 Å². The minimum Gasteiger partial charge on any atom is -0.493 e. The van der Waals surface area contributed by atoms with E-state index < -0.39 is 0 Å². The molecule has 1 aliphatic rings. The number of ether oxygens (including phenoxy) is 1. The van der Waals surface area contributed by atoms with E-state index in [4.69, 9.17) is 16.3 Å². The van der Waals surface area contributed by atoms with Gasteiger partial charge in [-0.25, -0.2) is 0 Å². The number of fused-ring (bicyclic) bond motifs is 1. The zero-order valence-corrected chi connectivity index (χ0v) is 10.1. The van der Waals surface area contributed by atoms with Gasteiger partial charge in [0.25, 0.3) is 0 Å². The van der Waals surface area contributed by atoms with Crippen molar-refractivity contribution in [3.05, 3.63) is 33.8 Å². The fourth-order valence-corrected chi connectivity index (χ4v) is 2.10. The summed E-state index contributed by atoms with van der Waals surface area (Å²) in [6.45, 7) is 0.480. The smallest absolute Gasteiger partial charge is 0.147 e. The summed E-state index contributed by atoms with van der Waals surface area (Å²) >= 11 is 9.48. The van der Waals surface area contributed by atoms with E-state index in [-0.39, 0.29) is 0 Å². The van der Waals surface area contributed by atoms with Gasteiger partial charge in [-0.3, -0.25) is 4.79 Å². The first-order valence-electron chi connectivity index (χ1n) is 4.49. The van der Waals surface area contributed by atoms with E-state index in [2.05, 4.69) is 15.9 Å². The fourth-order valence-electron chi connectivity index (χ4n) is 1.46. The lowest BCUT2D eigenvalue weighted by molar-refractivity contribution is -0.105. The maximum Gasteiger partial charge on any atom is 0.147 e. The van der Waals surface area contributed by atoms with Crippen LogP contribution in [0.4, 0.5) is 0 Å². The lowest BCUT2D eigenvalue weighted by atomic mass is 10.1. The number of rotatable bonds is 1. The molecule has 0 amide bonds. The highest BCUT2D eigenvalue weighted by Crippen LogP contribution is 2.36. The molecule has 0 radical (unpaired) electrons. The molecule has 1 aromatic rings. The predicted octanol–water partition coefficient (Wildman–Crippen LogP) is 3.38. The zero-order valence-electron chi connectivity index (χ0n) is 7.80. The van der Waals surface area contributed by atoms with Crippen LogP contribution in [0.3, 0.4) is 0 Å². The van der Waals surface area contributed by atoms with E-state index in [1.807, 2.05) is 18.2 Å². The van der Waals surface area contributed by atoms with Crippen LogP contribution in [0.15, 0.2) is 28.2 Å². The summed E-state index contributed by atoms with van der Waals surface area (Å²) in [4.78, 5) is 10.8. The van der Waals surface area contributed by atoms with Gasteiger partial charge in [-0.2, -0.15) is 0 Å². The van der Waals surface area contributed by atoms with Crippen LogP contribution in [-0.4, -0.2) is 12.9 Å². The van der Waals surface area contributed by atoms with Gasteiger partial charge in [0, 0.05) is 22.0 Å². The molecule has 0 saturated carbocycles. The van der Waals surface area contributed by atoms with Crippen LogP contribution in [0.1, 0.15) is 12.0 Å². The molecule has 0 atom stereocenters. The molecule has 0 aromatic heterocycles. The Morgan fingerprint density at radius 2 is 2.27 bits per heavy atom. The van der Waals surface area contributed by atoms with Crippen molar-refractivity contribution in [2.24, 2.45) is 0 Å². The molecule has 1 heterocycles. The lowest BCUT2D eigenvalue weighted by Crippen LogP contribution is -1.97. The van der Waals surface area contributed by atoms with E-state index in [9.17, 15) is 4.79 Å². The van der Waals surface area contributed by atoms with Crippen molar-refractivity contribution in [2.45, 2.75) is 6.42 Å². The Labute approximate surface area is 101 Å². The molecule has 0 bridgehead atoms. The first-order chi connectivity index (χ1) is 7.22. The molecule has 1 aromatic carbocycles. The van der Waals surface area contributed by atoms with Crippen molar-refractivity contribution >= 4 is 38.8 Å². The van der Waals surface area contributed by atoms with Crippen molar-refractivity contribution in [3.8, 4) is 5.75 Å². The van der Waals surface area contributed by atoms with Gasteiger partial charge in [-0.1, -0.05) is 27.5 Å². The highest BCUT2D eigenvalue weighted by molar-refractivity contribution is 9.10. The number of aldehydes is 1. The summed E-state index contributed by atoms with van der Waals surface area (Å²) < 4.78 is 6.45. The minimum atomic E-state index is 0.480. The summed E-state index contributed by atoms with van der Waals surface area (Å²) in [5.74, 6) is 0.714. The van der Waals surface area contributed by atoms with Crippen LogP contribution < -0.4 is 4.74 Å². The second-order valence-electron chi connectivity index (χ2n) is 3.20. The van der Waals surface area contributed by atoms with Gasteiger partial charge < -0.3 is 4.74 Å². The predicted molar refractivity (Wildman–Crippen MR) is 63.1 cm³/mol. The molecule has 2 nitrogen and oxygen atoms in total. The molecule has 15 heavy (non-hydrogen) atoms. The third kappa shape index (κ3) is 2.08. The van der Waals surface area contributed by atoms with Gasteiger partial charge in [0.15, 0.2) is 0 Å². The van der Waals surface area contributed by atoms with E-state index in [1.165, 1.54) is 0 Å². The molecule has 0 N–H and O–H groups in total. The Kier molecular flexibility index (Phi) is 3.12. The summed E-state index contributed by atoms with van der Waals surface area (Å²) in [7, 11) is 0. The summed E-state index contributed by atoms with van der Waals surface area (Å²) in [5.41, 5.74) is 1.37. The van der Waals surface area contributed by atoms with Gasteiger partial charge in [0.2, 0.25) is 0 Å². The molecule has 2 rings (SSSR count). The maximum atomic E-state index is 10.8. The van der Waals surface area contributed by atoms with Crippen molar-refractivity contribution in [3.63, 3.8) is 0 Å². The summed E-state index contributed by atoms with van der Waals surface area (Å²) in [6.07, 6.45) is 1.34. The minimum absolute atomic E-state index is 0.480. The van der Waals surface area contributed by atoms with Crippen LogP contribution in [-0.2, 0) is 4.79 Å². The highest BCUT2D eigenvalue weighted by atomic mass is 79.9. The quantitative estimate of drug-likeness (QED) is 0.740.